The van der Waals surface area contributed by atoms with Gasteiger partial charge in [0.15, 0.2) is 0 Å². The van der Waals surface area contributed by atoms with Gasteiger partial charge in [0, 0.05) is 36.3 Å². The van der Waals surface area contributed by atoms with Crippen LogP contribution < -0.4 is 15.4 Å². The van der Waals surface area contributed by atoms with Crippen molar-refractivity contribution in [3.05, 3.63) is 65.0 Å². The summed E-state index contributed by atoms with van der Waals surface area (Å²) in [5, 5.41) is 9.56. The molecule has 0 saturated heterocycles. The summed E-state index contributed by atoms with van der Waals surface area (Å²) in [7, 11) is 3.75. The molecule has 0 aliphatic carbocycles. The number of thioether (sulfide) groups is 1. The number of hydrogen-bond donors (Lipinski definition) is 1. The quantitative estimate of drug-likeness (QED) is 0.776. The molecule has 3 rings (SSSR count). The lowest BCUT2D eigenvalue weighted by Gasteiger charge is -2.28. The summed E-state index contributed by atoms with van der Waals surface area (Å²) in [5.74, 6) is -0.153. The van der Waals surface area contributed by atoms with E-state index in [0.29, 0.717) is 16.9 Å². The van der Waals surface area contributed by atoms with Crippen molar-refractivity contribution in [2.24, 2.45) is 5.73 Å². The van der Waals surface area contributed by atoms with Gasteiger partial charge in [-0.15, -0.1) is 0 Å². The smallest absolute Gasteiger partial charge is 0.440 e. The van der Waals surface area contributed by atoms with Gasteiger partial charge in [-0.05, 0) is 35.5 Å². The predicted octanol–water partition coefficient (Wildman–Crippen LogP) is 4.58. The van der Waals surface area contributed by atoms with Crippen LogP contribution in [0.5, 0.6) is 5.75 Å². The highest BCUT2D eigenvalue weighted by molar-refractivity contribution is 8.00. The molecule has 2 aromatic rings. The van der Waals surface area contributed by atoms with Crippen LogP contribution in [-0.4, -0.2) is 19.6 Å². The number of benzene rings is 2. The zero-order valence-corrected chi connectivity index (χ0v) is 15.4. The number of fused-ring (bicyclic) bond motifs is 1. The molecule has 0 amide bonds. The van der Waals surface area contributed by atoms with Crippen LogP contribution in [0.4, 0.5) is 18.9 Å². The van der Waals surface area contributed by atoms with Crippen molar-refractivity contribution in [3.8, 4) is 11.8 Å². The minimum absolute atomic E-state index is 0.0419. The van der Waals surface area contributed by atoms with Gasteiger partial charge < -0.3 is 15.4 Å². The molecule has 140 valence electrons. The first-order valence-electron chi connectivity index (χ1n) is 7.94. The van der Waals surface area contributed by atoms with Gasteiger partial charge in [0.1, 0.15) is 17.4 Å². The number of hydrogen-bond acceptors (Lipinski definition) is 5. The second-order valence-corrected chi connectivity index (χ2v) is 7.30. The highest BCUT2D eigenvalue weighted by atomic mass is 32.2. The molecule has 4 nitrogen and oxygen atoms in total. The van der Waals surface area contributed by atoms with E-state index in [1.54, 1.807) is 12.1 Å². The third-order valence-electron chi connectivity index (χ3n) is 4.14. The van der Waals surface area contributed by atoms with E-state index < -0.39 is 11.4 Å². The molecule has 2 aromatic carbocycles. The Balaban J connectivity index is 2.12. The minimum Gasteiger partial charge on any atom is -0.440 e. The Morgan fingerprint density at radius 1 is 1.19 bits per heavy atom. The first-order valence-corrected chi connectivity index (χ1v) is 8.76. The fraction of sp³-hybridized carbons (Fsp3) is 0.211. The van der Waals surface area contributed by atoms with E-state index in [1.165, 1.54) is 18.2 Å². The first-order chi connectivity index (χ1) is 12.7. The summed E-state index contributed by atoms with van der Waals surface area (Å²) < 4.78 is 43.8. The summed E-state index contributed by atoms with van der Waals surface area (Å²) in [5.41, 5.74) is 3.83. The molecule has 1 unspecified atom stereocenters. The Morgan fingerprint density at radius 2 is 1.93 bits per heavy atom. The van der Waals surface area contributed by atoms with Crippen molar-refractivity contribution in [2.45, 2.75) is 16.3 Å². The van der Waals surface area contributed by atoms with E-state index in [0.717, 1.165) is 5.69 Å². The van der Waals surface area contributed by atoms with Gasteiger partial charge >= 0.3 is 5.51 Å². The van der Waals surface area contributed by atoms with E-state index in [4.69, 9.17) is 10.5 Å². The molecule has 0 spiro atoms. The predicted molar refractivity (Wildman–Crippen MR) is 98.4 cm³/mol. The molecular weight excluding hydrogens is 375 g/mol. The molecule has 0 bridgehead atoms. The molecule has 8 heteroatoms. The molecule has 1 aliphatic rings. The van der Waals surface area contributed by atoms with Crippen molar-refractivity contribution in [1.82, 2.24) is 0 Å². The molecule has 27 heavy (non-hydrogen) atoms. The van der Waals surface area contributed by atoms with Crippen molar-refractivity contribution < 1.29 is 17.9 Å². The lowest BCUT2D eigenvalue weighted by Crippen LogP contribution is -2.21. The van der Waals surface area contributed by atoms with Gasteiger partial charge in [-0.3, -0.25) is 0 Å². The Labute approximate surface area is 159 Å². The summed E-state index contributed by atoms with van der Waals surface area (Å²) in [6, 6.07) is 13.5. The number of allylic oxidation sites excluding steroid dienone is 1. The van der Waals surface area contributed by atoms with E-state index in [1.807, 2.05) is 37.2 Å². The summed E-state index contributed by atoms with van der Waals surface area (Å²) in [4.78, 5) is 1.94. The van der Waals surface area contributed by atoms with Crippen LogP contribution in [-0.2, 0) is 0 Å². The molecule has 2 N–H and O–H groups in total. The van der Waals surface area contributed by atoms with Crippen LogP contribution >= 0.6 is 11.8 Å². The fourth-order valence-corrected chi connectivity index (χ4v) is 3.57. The third kappa shape index (κ3) is 3.98. The minimum atomic E-state index is -4.39. The fourth-order valence-electron chi connectivity index (χ4n) is 2.96. The average Bonchev–Trinajstić information content (AvgIpc) is 2.58. The molecule has 0 saturated carbocycles. The van der Waals surface area contributed by atoms with Gasteiger partial charge in [0.05, 0.1) is 5.92 Å². The van der Waals surface area contributed by atoms with Gasteiger partial charge in [-0.1, -0.05) is 18.2 Å². The first kappa shape index (κ1) is 19.0. The van der Waals surface area contributed by atoms with Crippen LogP contribution in [0.25, 0.3) is 0 Å². The van der Waals surface area contributed by atoms with E-state index >= 15 is 0 Å². The molecular formula is C19H16F3N3OS. The van der Waals surface area contributed by atoms with Crippen molar-refractivity contribution in [3.63, 3.8) is 0 Å². The van der Waals surface area contributed by atoms with Crippen molar-refractivity contribution in [1.29, 1.82) is 5.26 Å². The molecule has 1 heterocycles. The molecule has 0 fully saturated rings. The van der Waals surface area contributed by atoms with E-state index in [-0.39, 0.29) is 28.1 Å². The van der Waals surface area contributed by atoms with Crippen LogP contribution in [0.15, 0.2) is 58.8 Å². The van der Waals surface area contributed by atoms with Crippen LogP contribution in [0, 0.1) is 11.3 Å². The number of nitrogens with two attached hydrogens (primary N) is 1. The Bertz CT molecular complexity index is 948. The zero-order valence-electron chi connectivity index (χ0n) is 14.5. The lowest BCUT2D eigenvalue weighted by molar-refractivity contribution is -0.0328. The molecule has 1 aliphatic heterocycles. The number of halogens is 3. The molecule has 0 radical (unpaired) electrons. The highest BCUT2D eigenvalue weighted by Gasteiger charge is 2.33. The number of alkyl halides is 3. The van der Waals surface area contributed by atoms with Gasteiger partial charge in [0.2, 0.25) is 5.88 Å². The SMILES string of the molecule is CN(C)c1ccc2c(c1)OC(N)=C(C#N)C2c1cccc(SC(F)(F)F)c1. The van der Waals surface area contributed by atoms with Gasteiger partial charge in [-0.2, -0.15) is 18.4 Å². The van der Waals surface area contributed by atoms with Gasteiger partial charge in [0.25, 0.3) is 0 Å². The Kier molecular flexibility index (Phi) is 4.98. The third-order valence-corrected chi connectivity index (χ3v) is 4.87. The summed E-state index contributed by atoms with van der Waals surface area (Å²) in [6.45, 7) is 0. The number of ether oxygens (including phenoxy) is 1. The van der Waals surface area contributed by atoms with Gasteiger partial charge in [-0.25, -0.2) is 0 Å². The maximum absolute atomic E-state index is 12.7. The van der Waals surface area contributed by atoms with Crippen LogP contribution in [0.3, 0.4) is 0 Å². The monoisotopic (exact) mass is 391 g/mol. The van der Waals surface area contributed by atoms with E-state index in [2.05, 4.69) is 0 Å². The zero-order chi connectivity index (χ0) is 19.8. The average molecular weight is 391 g/mol. The topological polar surface area (TPSA) is 62.3 Å². The number of nitrogens with zero attached hydrogens (tertiary/aromatic N) is 2. The second-order valence-electron chi connectivity index (χ2n) is 6.16. The Morgan fingerprint density at radius 3 is 2.56 bits per heavy atom. The Hall–Kier alpha value is -2.79. The largest absolute Gasteiger partial charge is 0.446 e. The van der Waals surface area contributed by atoms with Crippen molar-refractivity contribution >= 4 is 17.4 Å². The second kappa shape index (κ2) is 7.08. The number of rotatable bonds is 3. The normalized spacial score (nSPS) is 16.4. The van der Waals surface area contributed by atoms with Crippen LogP contribution in [0.2, 0.25) is 0 Å². The van der Waals surface area contributed by atoms with E-state index in [9.17, 15) is 18.4 Å². The lowest BCUT2D eigenvalue weighted by atomic mass is 9.83. The standard InChI is InChI=1S/C19H16F3N3OS/c1-25(2)12-6-7-14-16(9-12)26-18(24)15(10-23)17(14)11-4-3-5-13(8-11)27-19(20,21)22/h3-9,17H,24H2,1-2H3. The van der Waals surface area contributed by atoms with Crippen LogP contribution in [0.1, 0.15) is 17.0 Å². The number of anilines is 1. The van der Waals surface area contributed by atoms with Crippen molar-refractivity contribution in [2.75, 3.05) is 19.0 Å². The summed E-state index contributed by atoms with van der Waals surface area (Å²) in [6.07, 6.45) is 0. The summed E-state index contributed by atoms with van der Waals surface area (Å²) >= 11 is -0.192. The molecule has 1 atom stereocenters. The maximum atomic E-state index is 12.7. The molecule has 0 aromatic heterocycles. The maximum Gasteiger partial charge on any atom is 0.446 e. The number of nitriles is 1. The highest BCUT2D eigenvalue weighted by Crippen LogP contribution is 2.45.